The molecule has 1 saturated heterocycles. The lowest BCUT2D eigenvalue weighted by Crippen LogP contribution is -2.41. The molecule has 0 bridgehead atoms. The topological polar surface area (TPSA) is 31.4 Å². The third-order valence-electron chi connectivity index (χ3n) is 11.3. The van der Waals surface area contributed by atoms with E-state index in [0.29, 0.717) is 0 Å². The number of aromatic nitrogens is 1. The molecular formula is C54H52BNO2. The Hall–Kier alpha value is -6.07. The first kappa shape index (κ1) is 40.1. The van der Waals surface area contributed by atoms with Crippen LogP contribution in [-0.4, -0.2) is 23.3 Å². The SMILES string of the molecule is C=C(C)/C=C/c1ccccc1/C(C)=C/C(=C\C(=C)c1cccc(B2OC(C)(C)C(C)(C)O2)c1)c1ccccc1-c1cc(C)c(-c2ccccn2)cc1-c1ccccc1. The number of rotatable bonds is 11. The molecule has 0 unspecified atom stereocenters. The molecule has 3 nitrogen and oxygen atoms in total. The Morgan fingerprint density at radius 3 is 2.02 bits per heavy atom. The lowest BCUT2D eigenvalue weighted by molar-refractivity contribution is 0.00578. The number of nitrogens with zero attached hydrogens (tertiary/aromatic N) is 1. The smallest absolute Gasteiger partial charge is 0.399 e. The zero-order chi connectivity index (χ0) is 41.0. The van der Waals surface area contributed by atoms with Gasteiger partial charge in [-0.05, 0) is 145 Å². The molecule has 4 heteroatoms. The Balaban J connectivity index is 1.41. The van der Waals surface area contributed by atoms with Gasteiger partial charge in [-0.25, -0.2) is 0 Å². The Bertz CT molecular complexity index is 2560. The minimum absolute atomic E-state index is 0.438. The fourth-order valence-corrected chi connectivity index (χ4v) is 7.43. The van der Waals surface area contributed by atoms with E-state index in [0.717, 1.165) is 89.1 Å². The summed E-state index contributed by atoms with van der Waals surface area (Å²) in [6, 6.07) is 47.0. The zero-order valence-corrected chi connectivity index (χ0v) is 34.8. The van der Waals surface area contributed by atoms with Crippen molar-refractivity contribution in [2.75, 3.05) is 0 Å². The van der Waals surface area contributed by atoms with Crippen LogP contribution in [0.15, 0.2) is 177 Å². The first-order valence-electron chi connectivity index (χ1n) is 20.0. The van der Waals surface area contributed by atoms with E-state index in [-0.39, 0.29) is 0 Å². The maximum atomic E-state index is 6.45. The number of aryl methyl sites for hydroxylation is 1. The molecule has 0 aliphatic carbocycles. The maximum absolute atomic E-state index is 6.45. The summed E-state index contributed by atoms with van der Waals surface area (Å²) < 4.78 is 12.9. The second-order valence-electron chi connectivity index (χ2n) is 16.3. The summed E-state index contributed by atoms with van der Waals surface area (Å²) in [4.78, 5) is 4.74. The molecule has 6 aromatic rings. The summed E-state index contributed by atoms with van der Waals surface area (Å²) in [6.07, 6.45) is 10.6. The number of allylic oxidation sites excluding steroid dienone is 7. The normalized spacial score (nSPS) is 15.2. The molecule has 0 atom stereocenters. The van der Waals surface area contributed by atoms with E-state index in [4.69, 9.17) is 14.3 Å². The van der Waals surface area contributed by atoms with E-state index >= 15 is 0 Å². The van der Waals surface area contributed by atoms with Crippen LogP contribution in [0.5, 0.6) is 0 Å². The van der Waals surface area contributed by atoms with Gasteiger partial charge in [-0.2, -0.15) is 0 Å². The van der Waals surface area contributed by atoms with E-state index in [1.165, 1.54) is 0 Å². The van der Waals surface area contributed by atoms with Crippen molar-refractivity contribution < 1.29 is 9.31 Å². The molecule has 1 aliphatic heterocycles. The second-order valence-corrected chi connectivity index (χ2v) is 16.3. The van der Waals surface area contributed by atoms with Crippen LogP contribution in [0, 0.1) is 6.92 Å². The lowest BCUT2D eigenvalue weighted by atomic mass is 9.78. The number of hydrogen-bond acceptors (Lipinski definition) is 3. The van der Waals surface area contributed by atoms with Crippen LogP contribution in [0.1, 0.15) is 69.4 Å². The van der Waals surface area contributed by atoms with E-state index < -0.39 is 18.3 Å². The number of benzene rings is 5. The predicted molar refractivity (Wildman–Crippen MR) is 248 cm³/mol. The van der Waals surface area contributed by atoms with Gasteiger partial charge in [0.1, 0.15) is 0 Å². The quantitative estimate of drug-likeness (QED) is 0.0974. The molecule has 1 aromatic heterocycles. The zero-order valence-electron chi connectivity index (χ0n) is 34.8. The van der Waals surface area contributed by atoms with Crippen molar-refractivity contribution >= 4 is 35.4 Å². The van der Waals surface area contributed by atoms with Crippen LogP contribution >= 0.6 is 0 Å². The summed E-state index contributed by atoms with van der Waals surface area (Å²) in [5, 5.41) is 0. The van der Waals surface area contributed by atoms with E-state index in [1.807, 2.05) is 25.3 Å². The van der Waals surface area contributed by atoms with Crippen LogP contribution in [0.4, 0.5) is 0 Å². The first-order valence-corrected chi connectivity index (χ1v) is 20.0. The molecule has 1 aliphatic rings. The molecule has 1 fully saturated rings. The molecule has 5 aromatic carbocycles. The largest absolute Gasteiger partial charge is 0.494 e. The molecule has 2 heterocycles. The average molecular weight is 758 g/mol. The summed E-state index contributed by atoms with van der Waals surface area (Å²) in [7, 11) is -0.471. The summed E-state index contributed by atoms with van der Waals surface area (Å²) >= 11 is 0. The molecule has 288 valence electrons. The summed E-state index contributed by atoms with van der Waals surface area (Å²) in [5.41, 5.74) is 16.3. The van der Waals surface area contributed by atoms with Crippen molar-refractivity contribution in [3.05, 3.63) is 204 Å². The Kier molecular flexibility index (Phi) is 11.6. The fraction of sp³-hybridized carbons (Fsp3) is 0.167. The van der Waals surface area contributed by atoms with Gasteiger partial charge in [0, 0.05) is 11.8 Å². The monoisotopic (exact) mass is 757 g/mol. The molecule has 0 saturated carbocycles. The highest BCUT2D eigenvalue weighted by atomic mass is 16.7. The molecular weight excluding hydrogens is 705 g/mol. The van der Waals surface area contributed by atoms with Crippen LogP contribution in [0.2, 0.25) is 0 Å². The maximum Gasteiger partial charge on any atom is 0.494 e. The lowest BCUT2D eigenvalue weighted by Gasteiger charge is -2.32. The Labute approximate surface area is 346 Å². The molecule has 58 heavy (non-hydrogen) atoms. The fourth-order valence-electron chi connectivity index (χ4n) is 7.43. The van der Waals surface area contributed by atoms with E-state index in [2.05, 4.69) is 200 Å². The van der Waals surface area contributed by atoms with Gasteiger partial charge in [0.2, 0.25) is 0 Å². The number of hydrogen-bond donors (Lipinski definition) is 0. The molecule has 7 rings (SSSR count). The number of pyridine rings is 1. The van der Waals surface area contributed by atoms with Crippen LogP contribution in [0.3, 0.4) is 0 Å². The van der Waals surface area contributed by atoms with Gasteiger partial charge in [0.05, 0.1) is 16.9 Å². The summed E-state index contributed by atoms with van der Waals surface area (Å²) in [6.45, 7) is 23.5. The molecule has 0 radical (unpaired) electrons. The van der Waals surface area contributed by atoms with Crippen molar-refractivity contribution in [1.29, 1.82) is 0 Å². The van der Waals surface area contributed by atoms with Gasteiger partial charge in [0.25, 0.3) is 0 Å². The van der Waals surface area contributed by atoms with E-state index in [9.17, 15) is 0 Å². The second kappa shape index (κ2) is 16.8. The van der Waals surface area contributed by atoms with Gasteiger partial charge in [-0.15, -0.1) is 0 Å². The van der Waals surface area contributed by atoms with Crippen LogP contribution < -0.4 is 5.46 Å². The van der Waals surface area contributed by atoms with Crippen LogP contribution in [0.25, 0.3) is 56.3 Å². The Morgan fingerprint density at radius 2 is 1.31 bits per heavy atom. The highest BCUT2D eigenvalue weighted by Gasteiger charge is 2.51. The van der Waals surface area contributed by atoms with Crippen LogP contribution in [-0.2, 0) is 9.31 Å². The van der Waals surface area contributed by atoms with Gasteiger partial charge >= 0.3 is 7.12 Å². The van der Waals surface area contributed by atoms with Crippen molar-refractivity contribution in [2.45, 2.75) is 59.7 Å². The third-order valence-corrected chi connectivity index (χ3v) is 11.3. The highest BCUT2D eigenvalue weighted by Crippen LogP contribution is 2.42. The van der Waals surface area contributed by atoms with Crippen molar-refractivity contribution in [3.8, 4) is 33.5 Å². The van der Waals surface area contributed by atoms with Gasteiger partial charge in [-0.3, -0.25) is 4.98 Å². The van der Waals surface area contributed by atoms with Gasteiger partial charge in [0.15, 0.2) is 0 Å². The minimum atomic E-state index is -0.471. The van der Waals surface area contributed by atoms with Gasteiger partial charge in [-0.1, -0.05) is 152 Å². The third kappa shape index (κ3) is 8.60. The molecule has 0 N–H and O–H groups in total. The highest BCUT2D eigenvalue weighted by molar-refractivity contribution is 6.62. The summed E-state index contributed by atoms with van der Waals surface area (Å²) in [5.74, 6) is 0. The van der Waals surface area contributed by atoms with Gasteiger partial charge < -0.3 is 9.31 Å². The van der Waals surface area contributed by atoms with Crippen molar-refractivity contribution in [2.24, 2.45) is 0 Å². The first-order chi connectivity index (χ1) is 27.8. The Morgan fingerprint density at radius 1 is 0.638 bits per heavy atom. The minimum Gasteiger partial charge on any atom is -0.399 e. The van der Waals surface area contributed by atoms with Crippen molar-refractivity contribution in [3.63, 3.8) is 0 Å². The molecule has 0 amide bonds. The average Bonchev–Trinajstić information content (AvgIpc) is 3.45. The van der Waals surface area contributed by atoms with Crippen molar-refractivity contribution in [1.82, 2.24) is 4.98 Å². The molecule has 0 spiro atoms. The van der Waals surface area contributed by atoms with E-state index in [1.54, 1.807) is 0 Å². The predicted octanol–water partition coefficient (Wildman–Crippen LogP) is 13.5. The standard InChI is InChI=1S/C54H52BNO2/c1-37(2)29-30-42-22-13-14-25-46(42)39(4)33-44(32-38(3)43-23-19-24-45(35-43)55-57-53(6,7)54(8,9)58-55)47-26-15-16-27-48(47)51-34-40(5)49(52-28-17-18-31-56-52)36-50(51)41-20-11-10-12-21-41/h10-36H,1,3H2,2,4-9H3/b30-29+,39-33+,44-32+.